The summed E-state index contributed by atoms with van der Waals surface area (Å²) in [5, 5.41) is 0. The van der Waals surface area contributed by atoms with Crippen LogP contribution in [0.25, 0.3) is 11.1 Å². The van der Waals surface area contributed by atoms with Gasteiger partial charge in [0.05, 0.1) is 0 Å². The molecule has 2 unspecified atom stereocenters. The van der Waals surface area contributed by atoms with Crippen molar-refractivity contribution in [2.45, 2.75) is 86.2 Å². The van der Waals surface area contributed by atoms with Crippen molar-refractivity contribution in [3.05, 3.63) is 101 Å². The first-order valence-electron chi connectivity index (χ1n) is 15.2. The predicted molar refractivity (Wildman–Crippen MR) is 186 cm³/mol. The zero-order valence-corrected chi connectivity index (χ0v) is 29.5. The van der Waals surface area contributed by atoms with Gasteiger partial charge in [-0.1, -0.05) is 89.2 Å². The maximum atomic E-state index is 6.64. The Hall–Kier alpha value is -3.26. The van der Waals surface area contributed by atoms with Crippen LogP contribution in [0.15, 0.2) is 78.9 Å². The SMILES string of the molecule is CCc1ccccc1OPOc1ccccc1-c1c(C)c(OC(C)(C)C)cc(C(C)(C)C)c1OPOc1ccccc1CC. The summed E-state index contributed by atoms with van der Waals surface area (Å²) in [6, 6.07) is 26.3. The first-order valence-corrected chi connectivity index (χ1v) is 16.9. The van der Waals surface area contributed by atoms with E-state index >= 15 is 0 Å². The minimum Gasteiger partial charge on any atom is -0.488 e. The molecule has 0 aliphatic heterocycles. The highest BCUT2D eigenvalue weighted by atomic mass is 31.1. The molecule has 0 bridgehead atoms. The summed E-state index contributed by atoms with van der Waals surface area (Å²) in [7, 11) is -0.460. The lowest BCUT2D eigenvalue weighted by molar-refractivity contribution is 0.129. The summed E-state index contributed by atoms with van der Waals surface area (Å²) in [5.74, 6) is 3.97. The largest absolute Gasteiger partial charge is 0.488 e. The zero-order valence-electron chi connectivity index (χ0n) is 27.5. The van der Waals surface area contributed by atoms with Gasteiger partial charge in [0, 0.05) is 22.3 Å². The highest BCUT2D eigenvalue weighted by Crippen LogP contribution is 2.50. The molecule has 0 spiro atoms. The third-order valence-electron chi connectivity index (χ3n) is 7.18. The number of benzene rings is 4. The Bertz CT molecular complexity index is 1550. The number of hydrogen-bond donors (Lipinski definition) is 0. The zero-order chi connectivity index (χ0) is 31.9. The first kappa shape index (κ1) is 33.6. The maximum Gasteiger partial charge on any atom is 0.275 e. The lowest BCUT2D eigenvalue weighted by atomic mass is 9.82. The molecule has 0 radical (unpaired) electrons. The molecule has 0 heterocycles. The lowest BCUT2D eigenvalue weighted by Gasteiger charge is -2.30. The minimum absolute atomic E-state index is 0.218. The fourth-order valence-electron chi connectivity index (χ4n) is 4.93. The van der Waals surface area contributed by atoms with Crippen LogP contribution < -0.4 is 22.8 Å². The lowest BCUT2D eigenvalue weighted by Crippen LogP contribution is -2.24. The number of aryl methyl sites for hydroxylation is 2. The van der Waals surface area contributed by atoms with Crippen LogP contribution in [0.5, 0.6) is 28.7 Å². The Balaban J connectivity index is 1.78. The molecule has 44 heavy (non-hydrogen) atoms. The number of hydrogen-bond acceptors (Lipinski definition) is 5. The fourth-order valence-corrected chi connectivity index (χ4v) is 6.15. The van der Waals surface area contributed by atoms with Crippen molar-refractivity contribution in [1.29, 1.82) is 0 Å². The van der Waals surface area contributed by atoms with E-state index in [2.05, 4.69) is 86.6 Å². The fraction of sp³-hybridized carbons (Fsp3) is 0.351. The molecule has 2 atom stereocenters. The maximum absolute atomic E-state index is 6.64. The summed E-state index contributed by atoms with van der Waals surface area (Å²) >= 11 is 0. The van der Waals surface area contributed by atoms with Crippen molar-refractivity contribution in [2.24, 2.45) is 0 Å². The molecule has 0 saturated carbocycles. The summed E-state index contributed by atoms with van der Waals surface area (Å²) in [6.07, 6.45) is 1.77. The second-order valence-corrected chi connectivity index (χ2v) is 13.9. The highest BCUT2D eigenvalue weighted by Gasteiger charge is 2.29. The van der Waals surface area contributed by atoms with Gasteiger partial charge < -0.3 is 22.8 Å². The van der Waals surface area contributed by atoms with Crippen molar-refractivity contribution >= 4 is 18.1 Å². The molecule has 4 aromatic carbocycles. The van der Waals surface area contributed by atoms with Gasteiger partial charge in [0.1, 0.15) is 34.3 Å². The van der Waals surface area contributed by atoms with E-state index in [0.29, 0.717) is 5.75 Å². The molecule has 7 heteroatoms. The van der Waals surface area contributed by atoms with E-state index in [1.807, 2.05) is 54.6 Å². The standard InChI is InChI=1S/C37H46O5P2/c1-10-26-18-12-15-21-30(26)39-43-41-32-23-17-14-20-28(32)34-25(3)33(38-37(7,8)9)24-29(36(4,5)6)35(34)42-44-40-31-22-16-13-19-27(31)11-2/h12-24,43-44H,10-11H2,1-9H3. The molecule has 5 nitrogen and oxygen atoms in total. The Morgan fingerprint density at radius 3 is 1.59 bits per heavy atom. The van der Waals surface area contributed by atoms with Crippen LogP contribution in [-0.2, 0) is 18.3 Å². The van der Waals surface area contributed by atoms with Crippen LogP contribution in [0.3, 0.4) is 0 Å². The molecule has 0 aliphatic carbocycles. The van der Waals surface area contributed by atoms with Crippen LogP contribution in [0.1, 0.15) is 77.6 Å². The third-order valence-corrected chi connectivity index (χ3v) is 8.38. The van der Waals surface area contributed by atoms with Gasteiger partial charge in [-0.25, -0.2) is 0 Å². The molecule has 0 amide bonds. The van der Waals surface area contributed by atoms with E-state index in [9.17, 15) is 0 Å². The monoisotopic (exact) mass is 632 g/mol. The average Bonchev–Trinajstić information content (AvgIpc) is 2.98. The van der Waals surface area contributed by atoms with E-state index in [4.69, 9.17) is 22.8 Å². The quantitative estimate of drug-likeness (QED) is 0.145. The van der Waals surface area contributed by atoms with E-state index in [0.717, 1.165) is 69.2 Å². The van der Waals surface area contributed by atoms with Crippen LogP contribution in [0.4, 0.5) is 0 Å². The van der Waals surface area contributed by atoms with Gasteiger partial charge in [0.15, 0.2) is 0 Å². The van der Waals surface area contributed by atoms with E-state index in [-0.39, 0.29) is 29.1 Å². The van der Waals surface area contributed by atoms with E-state index < -0.39 is 0 Å². The topological polar surface area (TPSA) is 46.2 Å². The Labute approximate surface area is 267 Å². The van der Waals surface area contributed by atoms with Crippen LogP contribution in [0, 0.1) is 6.92 Å². The molecule has 0 N–H and O–H groups in total. The van der Waals surface area contributed by atoms with Crippen molar-refractivity contribution < 1.29 is 22.8 Å². The molecular weight excluding hydrogens is 586 g/mol. The Kier molecular flexibility index (Phi) is 11.2. The van der Waals surface area contributed by atoms with Gasteiger partial charge >= 0.3 is 0 Å². The summed E-state index contributed by atoms with van der Waals surface area (Å²) in [4.78, 5) is 0. The van der Waals surface area contributed by atoms with Crippen molar-refractivity contribution in [2.75, 3.05) is 0 Å². The Morgan fingerprint density at radius 2 is 1.07 bits per heavy atom. The average molecular weight is 633 g/mol. The molecule has 234 valence electrons. The summed E-state index contributed by atoms with van der Waals surface area (Å²) in [6.45, 7) is 19.1. The Morgan fingerprint density at radius 1 is 0.591 bits per heavy atom. The van der Waals surface area contributed by atoms with Crippen molar-refractivity contribution in [3.8, 4) is 39.9 Å². The van der Waals surface area contributed by atoms with Crippen LogP contribution in [-0.4, -0.2) is 5.60 Å². The molecule has 0 aromatic heterocycles. The highest BCUT2D eigenvalue weighted by molar-refractivity contribution is 7.27. The smallest absolute Gasteiger partial charge is 0.275 e. The van der Waals surface area contributed by atoms with Crippen molar-refractivity contribution in [3.63, 3.8) is 0 Å². The number of rotatable bonds is 12. The molecule has 0 aliphatic rings. The normalized spacial score (nSPS) is 12.2. The van der Waals surface area contributed by atoms with Gasteiger partial charge in [-0.2, -0.15) is 0 Å². The van der Waals surface area contributed by atoms with Gasteiger partial charge in [-0.15, -0.1) is 0 Å². The summed E-state index contributed by atoms with van der Waals surface area (Å²) in [5.41, 5.74) is 5.50. The van der Waals surface area contributed by atoms with E-state index in [1.165, 1.54) is 0 Å². The molecule has 0 fully saturated rings. The van der Waals surface area contributed by atoms with Gasteiger partial charge in [0.25, 0.3) is 18.1 Å². The second-order valence-electron chi connectivity index (χ2n) is 12.7. The van der Waals surface area contributed by atoms with Crippen LogP contribution in [0.2, 0.25) is 0 Å². The van der Waals surface area contributed by atoms with Gasteiger partial charge in [-0.05, 0) is 81.3 Å². The minimum atomic E-state index is -0.383. The number of ether oxygens (including phenoxy) is 1. The third kappa shape index (κ3) is 8.46. The molecule has 0 saturated heterocycles. The predicted octanol–water partition coefficient (Wildman–Crippen LogP) is 11.2. The second kappa shape index (κ2) is 14.7. The van der Waals surface area contributed by atoms with Crippen LogP contribution >= 0.6 is 18.1 Å². The molecule has 4 aromatic rings. The van der Waals surface area contributed by atoms with Crippen molar-refractivity contribution in [1.82, 2.24) is 0 Å². The molecular formula is C37H46O5P2. The van der Waals surface area contributed by atoms with Gasteiger partial charge in [-0.3, -0.25) is 0 Å². The first-order chi connectivity index (χ1) is 20.9. The summed E-state index contributed by atoms with van der Waals surface area (Å²) < 4.78 is 31.9. The van der Waals surface area contributed by atoms with Gasteiger partial charge in [0.2, 0.25) is 0 Å². The molecule has 4 rings (SSSR count). The van der Waals surface area contributed by atoms with E-state index in [1.54, 1.807) is 0 Å². The number of para-hydroxylation sites is 3.